The van der Waals surface area contributed by atoms with Gasteiger partial charge in [0, 0.05) is 43.0 Å². The molecule has 0 atom stereocenters. The molecule has 0 unspecified atom stereocenters. The van der Waals surface area contributed by atoms with Gasteiger partial charge in [-0.3, -0.25) is 4.79 Å². The number of likely N-dealkylation sites (tertiary alicyclic amines) is 1. The van der Waals surface area contributed by atoms with E-state index >= 15 is 0 Å². The number of thiophene rings is 1. The van der Waals surface area contributed by atoms with Gasteiger partial charge in [0.25, 0.3) is 0 Å². The minimum atomic E-state index is 0.210. The summed E-state index contributed by atoms with van der Waals surface area (Å²) in [7, 11) is 1.69. The maximum absolute atomic E-state index is 12.7. The number of fused-ring (bicyclic) bond motifs is 1. The van der Waals surface area contributed by atoms with Crippen LogP contribution in [-0.2, 0) is 11.2 Å². The SMILES string of the molecule is COc1ccc2[nH]cc(C3CCN(C(=O)CCCc4nc(-c5cccs5)no4)CC3)c2c1. The van der Waals surface area contributed by atoms with E-state index in [0.29, 0.717) is 36.9 Å². The fraction of sp³-hybridized carbons (Fsp3) is 0.375. The first-order valence-corrected chi connectivity index (χ1v) is 11.9. The van der Waals surface area contributed by atoms with Crippen molar-refractivity contribution in [1.29, 1.82) is 0 Å². The molecule has 4 heterocycles. The van der Waals surface area contributed by atoms with Gasteiger partial charge in [-0.25, -0.2) is 0 Å². The fourth-order valence-electron chi connectivity index (χ4n) is 4.44. The lowest BCUT2D eigenvalue weighted by atomic mass is 9.89. The second kappa shape index (κ2) is 9.16. The zero-order valence-electron chi connectivity index (χ0n) is 18.0. The number of methoxy groups -OCH3 is 1. The molecule has 1 aromatic carbocycles. The Kier molecular flexibility index (Phi) is 5.94. The molecule has 3 aromatic heterocycles. The number of benzene rings is 1. The van der Waals surface area contributed by atoms with Gasteiger partial charge in [-0.1, -0.05) is 11.2 Å². The molecule has 1 aliphatic heterocycles. The van der Waals surface area contributed by atoms with E-state index in [1.54, 1.807) is 18.4 Å². The molecular formula is C24H26N4O3S. The predicted molar refractivity (Wildman–Crippen MR) is 124 cm³/mol. The second-order valence-electron chi connectivity index (χ2n) is 8.15. The summed E-state index contributed by atoms with van der Waals surface area (Å²) in [5.74, 6) is 2.75. The van der Waals surface area contributed by atoms with Crippen LogP contribution in [0.25, 0.3) is 21.6 Å². The number of rotatable bonds is 7. The topological polar surface area (TPSA) is 84.2 Å². The maximum atomic E-state index is 12.7. The molecule has 0 saturated carbocycles. The third kappa shape index (κ3) is 4.27. The van der Waals surface area contributed by atoms with Crippen molar-refractivity contribution in [2.24, 2.45) is 0 Å². The van der Waals surface area contributed by atoms with E-state index in [2.05, 4.69) is 33.5 Å². The molecule has 1 aliphatic rings. The van der Waals surface area contributed by atoms with Gasteiger partial charge in [0.1, 0.15) is 5.75 Å². The molecule has 0 bridgehead atoms. The van der Waals surface area contributed by atoms with Crippen molar-refractivity contribution in [2.45, 2.75) is 38.0 Å². The molecule has 32 heavy (non-hydrogen) atoms. The van der Waals surface area contributed by atoms with E-state index in [1.165, 1.54) is 10.9 Å². The van der Waals surface area contributed by atoms with Crippen molar-refractivity contribution in [3.05, 3.63) is 53.4 Å². The number of nitrogens with one attached hydrogen (secondary N) is 1. The van der Waals surface area contributed by atoms with Gasteiger partial charge in [-0.2, -0.15) is 4.98 Å². The Hall–Kier alpha value is -3.13. The minimum Gasteiger partial charge on any atom is -0.497 e. The molecular weight excluding hydrogens is 424 g/mol. The van der Waals surface area contributed by atoms with E-state index in [9.17, 15) is 4.79 Å². The first-order valence-electron chi connectivity index (χ1n) is 11.0. The van der Waals surface area contributed by atoms with Crippen molar-refractivity contribution in [1.82, 2.24) is 20.0 Å². The Bertz CT molecular complexity index is 1190. The van der Waals surface area contributed by atoms with Gasteiger partial charge in [0.15, 0.2) is 0 Å². The molecule has 166 valence electrons. The number of piperidine rings is 1. The first kappa shape index (κ1) is 20.8. The highest BCUT2D eigenvalue weighted by atomic mass is 32.1. The first-order chi connectivity index (χ1) is 15.7. The number of H-pyrrole nitrogens is 1. The van der Waals surface area contributed by atoms with Crippen LogP contribution in [0.15, 0.2) is 46.4 Å². The molecule has 0 spiro atoms. The van der Waals surface area contributed by atoms with E-state index in [1.807, 2.05) is 28.5 Å². The van der Waals surface area contributed by atoms with Gasteiger partial charge in [0.2, 0.25) is 17.6 Å². The summed E-state index contributed by atoms with van der Waals surface area (Å²) < 4.78 is 10.7. The van der Waals surface area contributed by atoms with E-state index in [-0.39, 0.29) is 5.91 Å². The number of ether oxygens (including phenoxy) is 1. The van der Waals surface area contributed by atoms with Crippen molar-refractivity contribution < 1.29 is 14.1 Å². The molecule has 0 radical (unpaired) electrons. The van der Waals surface area contributed by atoms with Crippen LogP contribution in [0.1, 0.15) is 43.1 Å². The molecule has 1 amide bonds. The average Bonchev–Trinajstić information content (AvgIpc) is 3.59. The number of aromatic nitrogens is 3. The van der Waals surface area contributed by atoms with Crippen LogP contribution in [0.3, 0.4) is 0 Å². The number of carbonyl (C=O) groups excluding carboxylic acids is 1. The Labute approximate surface area is 190 Å². The summed E-state index contributed by atoms with van der Waals surface area (Å²) in [6, 6.07) is 10.1. The second-order valence-corrected chi connectivity index (χ2v) is 9.10. The largest absolute Gasteiger partial charge is 0.497 e. The van der Waals surface area contributed by atoms with Gasteiger partial charge in [-0.15, -0.1) is 11.3 Å². The molecule has 1 N–H and O–H groups in total. The number of hydrogen-bond donors (Lipinski definition) is 1. The van der Waals surface area contributed by atoms with Crippen LogP contribution < -0.4 is 4.74 Å². The number of amides is 1. The normalized spacial score (nSPS) is 14.8. The third-order valence-electron chi connectivity index (χ3n) is 6.20. The lowest BCUT2D eigenvalue weighted by Gasteiger charge is -2.32. The lowest BCUT2D eigenvalue weighted by molar-refractivity contribution is -0.132. The highest BCUT2D eigenvalue weighted by molar-refractivity contribution is 7.13. The van der Waals surface area contributed by atoms with Gasteiger partial charge in [0.05, 0.1) is 12.0 Å². The number of carbonyl (C=O) groups is 1. The van der Waals surface area contributed by atoms with Crippen LogP contribution in [0.5, 0.6) is 5.75 Å². The standard InChI is InChI=1S/C24H26N4O3S/c1-30-17-7-8-20-18(14-17)19(15-25-20)16-9-11-28(12-10-16)23(29)6-2-5-22-26-24(27-31-22)21-4-3-13-32-21/h3-4,7-8,13-16,25H,2,5-6,9-12H2,1H3. The molecule has 8 heteroatoms. The summed E-state index contributed by atoms with van der Waals surface area (Å²) >= 11 is 1.58. The van der Waals surface area contributed by atoms with Gasteiger partial charge >= 0.3 is 0 Å². The van der Waals surface area contributed by atoms with Crippen molar-refractivity contribution in [3.63, 3.8) is 0 Å². The monoisotopic (exact) mass is 450 g/mol. The molecule has 1 saturated heterocycles. The van der Waals surface area contributed by atoms with Crippen LogP contribution >= 0.6 is 11.3 Å². The third-order valence-corrected chi connectivity index (χ3v) is 7.07. The number of nitrogens with zero attached hydrogens (tertiary/aromatic N) is 3. The van der Waals surface area contributed by atoms with Crippen molar-refractivity contribution in [3.8, 4) is 16.5 Å². The number of aromatic amines is 1. The van der Waals surface area contributed by atoms with Crippen molar-refractivity contribution >= 4 is 28.1 Å². The van der Waals surface area contributed by atoms with Gasteiger partial charge < -0.3 is 19.1 Å². The van der Waals surface area contributed by atoms with E-state index < -0.39 is 0 Å². The summed E-state index contributed by atoms with van der Waals surface area (Å²) in [5, 5.41) is 7.24. The highest BCUT2D eigenvalue weighted by Crippen LogP contribution is 2.35. The quantitative estimate of drug-likeness (QED) is 0.428. The fourth-order valence-corrected chi connectivity index (χ4v) is 5.09. The smallest absolute Gasteiger partial charge is 0.226 e. The predicted octanol–water partition coefficient (Wildman–Crippen LogP) is 5.02. The van der Waals surface area contributed by atoms with Gasteiger partial charge in [-0.05, 0) is 60.4 Å². The van der Waals surface area contributed by atoms with Crippen LogP contribution in [-0.4, -0.2) is 46.1 Å². The Morgan fingerprint density at radius 2 is 2.19 bits per heavy atom. The average molecular weight is 451 g/mol. The summed E-state index contributed by atoms with van der Waals surface area (Å²) in [6.45, 7) is 1.59. The maximum Gasteiger partial charge on any atom is 0.226 e. The van der Waals surface area contributed by atoms with Crippen LogP contribution in [0.2, 0.25) is 0 Å². The van der Waals surface area contributed by atoms with E-state index in [0.717, 1.165) is 42.1 Å². The molecule has 4 aromatic rings. The van der Waals surface area contributed by atoms with E-state index in [4.69, 9.17) is 9.26 Å². The zero-order valence-corrected chi connectivity index (χ0v) is 18.9. The summed E-state index contributed by atoms with van der Waals surface area (Å²) in [4.78, 5) is 23.5. The molecule has 1 fully saturated rings. The Morgan fingerprint density at radius 1 is 1.31 bits per heavy atom. The summed E-state index contributed by atoms with van der Waals surface area (Å²) in [5.41, 5.74) is 2.45. The lowest BCUT2D eigenvalue weighted by Crippen LogP contribution is -2.37. The Morgan fingerprint density at radius 3 is 2.97 bits per heavy atom. The zero-order chi connectivity index (χ0) is 21.9. The Balaban J connectivity index is 1.12. The molecule has 5 rings (SSSR count). The van der Waals surface area contributed by atoms with Crippen LogP contribution in [0.4, 0.5) is 0 Å². The number of hydrogen-bond acceptors (Lipinski definition) is 6. The summed E-state index contributed by atoms with van der Waals surface area (Å²) in [6.07, 6.45) is 5.91. The minimum absolute atomic E-state index is 0.210. The highest BCUT2D eigenvalue weighted by Gasteiger charge is 2.25. The van der Waals surface area contributed by atoms with Crippen molar-refractivity contribution in [2.75, 3.05) is 20.2 Å². The molecule has 7 nitrogen and oxygen atoms in total. The molecule has 0 aliphatic carbocycles. The van der Waals surface area contributed by atoms with Crippen LogP contribution in [0, 0.1) is 0 Å². The number of aryl methyl sites for hydroxylation is 1.